The molecule has 1 N–H and O–H groups in total. The normalized spacial score (nSPS) is 10.8. The summed E-state index contributed by atoms with van der Waals surface area (Å²) in [5.74, 6) is -0.142. The summed E-state index contributed by atoms with van der Waals surface area (Å²) in [6.45, 7) is 3.60. The van der Waals surface area contributed by atoms with Crippen LogP contribution in [0.4, 0.5) is 4.39 Å². The van der Waals surface area contributed by atoms with E-state index in [1.165, 1.54) is 0 Å². The molecule has 0 atom stereocenters. The highest BCUT2D eigenvalue weighted by molar-refractivity contribution is 9.10. The summed E-state index contributed by atoms with van der Waals surface area (Å²) in [5.41, 5.74) is 1.65. The van der Waals surface area contributed by atoms with E-state index >= 15 is 0 Å². The van der Waals surface area contributed by atoms with Gasteiger partial charge in [-0.3, -0.25) is 0 Å². The van der Waals surface area contributed by atoms with Crippen LogP contribution in [-0.2, 0) is 6.54 Å². The van der Waals surface area contributed by atoms with E-state index < -0.39 is 0 Å². The van der Waals surface area contributed by atoms with Crippen LogP contribution in [0, 0.1) is 5.82 Å². The lowest BCUT2D eigenvalue weighted by molar-refractivity contribution is 0.587. The Morgan fingerprint density at radius 3 is 2.78 bits per heavy atom. The summed E-state index contributed by atoms with van der Waals surface area (Å²) in [5, 5.41) is 5.21. The fraction of sp³-hybridized carbons (Fsp3) is 0.286. The van der Waals surface area contributed by atoms with Gasteiger partial charge in [-0.25, -0.2) is 4.39 Å². The van der Waals surface area contributed by atoms with Crippen LogP contribution >= 0.6 is 27.3 Å². The van der Waals surface area contributed by atoms with E-state index in [0.29, 0.717) is 6.54 Å². The molecule has 0 saturated heterocycles. The predicted octanol–water partition coefficient (Wildman–Crippen LogP) is 4.82. The number of rotatable bonds is 5. The minimum Gasteiger partial charge on any atom is -0.313 e. The third-order valence-corrected chi connectivity index (χ3v) is 4.56. The van der Waals surface area contributed by atoms with Crippen molar-refractivity contribution in [2.75, 3.05) is 6.54 Å². The molecule has 0 aliphatic rings. The second-order valence-corrected chi connectivity index (χ2v) is 5.85. The van der Waals surface area contributed by atoms with Crippen LogP contribution in [0.2, 0.25) is 0 Å². The smallest absolute Gasteiger partial charge is 0.128 e. The van der Waals surface area contributed by atoms with Crippen LogP contribution in [0.15, 0.2) is 34.1 Å². The molecule has 4 heteroatoms. The third-order valence-electron chi connectivity index (χ3n) is 2.67. The molecule has 0 amide bonds. The first kappa shape index (κ1) is 13.7. The van der Waals surface area contributed by atoms with E-state index in [9.17, 15) is 4.39 Å². The Morgan fingerprint density at radius 2 is 2.17 bits per heavy atom. The van der Waals surface area contributed by atoms with E-state index in [1.807, 2.05) is 23.6 Å². The van der Waals surface area contributed by atoms with Crippen LogP contribution in [-0.4, -0.2) is 6.54 Å². The quantitative estimate of drug-likeness (QED) is 0.776. The Hall–Kier alpha value is -0.710. The average Bonchev–Trinajstić information content (AvgIpc) is 2.78. The minimum absolute atomic E-state index is 0.142. The largest absolute Gasteiger partial charge is 0.313 e. The first-order valence-corrected chi connectivity index (χ1v) is 7.62. The van der Waals surface area contributed by atoms with Crippen molar-refractivity contribution in [3.05, 3.63) is 45.5 Å². The van der Waals surface area contributed by atoms with Gasteiger partial charge in [0.1, 0.15) is 5.82 Å². The number of thiophene rings is 1. The van der Waals surface area contributed by atoms with E-state index in [4.69, 9.17) is 0 Å². The van der Waals surface area contributed by atoms with E-state index in [-0.39, 0.29) is 5.82 Å². The topological polar surface area (TPSA) is 12.0 Å². The van der Waals surface area contributed by atoms with Crippen molar-refractivity contribution in [3.63, 3.8) is 0 Å². The molecule has 0 aliphatic heterocycles. The molecule has 1 heterocycles. The van der Waals surface area contributed by atoms with E-state index in [0.717, 1.165) is 33.4 Å². The van der Waals surface area contributed by atoms with E-state index in [2.05, 4.69) is 28.2 Å². The molecule has 0 saturated carbocycles. The van der Waals surface area contributed by atoms with Crippen molar-refractivity contribution in [3.8, 4) is 10.4 Å². The SMILES string of the molecule is CCCNCc1ccc(-c2sccc2Br)cc1F. The van der Waals surface area contributed by atoms with Gasteiger partial charge in [0.25, 0.3) is 0 Å². The van der Waals surface area contributed by atoms with Gasteiger partial charge >= 0.3 is 0 Å². The van der Waals surface area contributed by atoms with Gasteiger partial charge in [0.05, 0.1) is 0 Å². The number of hydrogen-bond donors (Lipinski definition) is 1. The predicted molar refractivity (Wildman–Crippen MR) is 79.4 cm³/mol. The van der Waals surface area contributed by atoms with Gasteiger partial charge in [-0.15, -0.1) is 11.3 Å². The number of hydrogen-bond acceptors (Lipinski definition) is 2. The fourth-order valence-corrected chi connectivity index (χ4v) is 3.33. The molecule has 0 fully saturated rings. The highest BCUT2D eigenvalue weighted by Crippen LogP contribution is 2.34. The molecule has 1 nitrogen and oxygen atoms in total. The molecule has 1 aromatic heterocycles. The second-order valence-electron chi connectivity index (χ2n) is 4.08. The third kappa shape index (κ3) is 3.19. The van der Waals surface area contributed by atoms with Crippen molar-refractivity contribution in [2.45, 2.75) is 19.9 Å². The lowest BCUT2D eigenvalue weighted by Gasteiger charge is -2.07. The Bertz CT molecular complexity index is 524. The van der Waals surface area contributed by atoms with Gasteiger partial charge in [0.15, 0.2) is 0 Å². The van der Waals surface area contributed by atoms with Crippen LogP contribution in [0.25, 0.3) is 10.4 Å². The van der Waals surface area contributed by atoms with Crippen LogP contribution in [0.1, 0.15) is 18.9 Å². The first-order chi connectivity index (χ1) is 8.72. The van der Waals surface area contributed by atoms with Gasteiger partial charge in [0, 0.05) is 21.5 Å². The molecule has 2 rings (SSSR count). The molecule has 0 radical (unpaired) electrons. The van der Waals surface area contributed by atoms with Gasteiger partial charge in [0.2, 0.25) is 0 Å². The summed E-state index contributed by atoms with van der Waals surface area (Å²) in [4.78, 5) is 1.07. The standard InChI is InChI=1S/C14H15BrFNS/c1-2-6-17-9-11-4-3-10(8-13(11)16)14-12(15)5-7-18-14/h3-5,7-8,17H,2,6,9H2,1H3. The highest BCUT2D eigenvalue weighted by atomic mass is 79.9. The molecule has 0 aliphatic carbocycles. The summed E-state index contributed by atoms with van der Waals surface area (Å²) in [6, 6.07) is 7.43. The highest BCUT2D eigenvalue weighted by Gasteiger charge is 2.08. The average molecular weight is 328 g/mol. The maximum absolute atomic E-state index is 14.0. The van der Waals surface area contributed by atoms with Crippen LogP contribution in [0.3, 0.4) is 0 Å². The molecule has 2 aromatic rings. The van der Waals surface area contributed by atoms with Crippen LogP contribution < -0.4 is 5.32 Å². The monoisotopic (exact) mass is 327 g/mol. The number of benzene rings is 1. The van der Waals surface area contributed by atoms with Crippen molar-refractivity contribution in [1.29, 1.82) is 0 Å². The van der Waals surface area contributed by atoms with Crippen molar-refractivity contribution >= 4 is 27.3 Å². The summed E-state index contributed by atoms with van der Waals surface area (Å²) in [7, 11) is 0. The van der Waals surface area contributed by atoms with Gasteiger partial charge in [-0.2, -0.15) is 0 Å². The Morgan fingerprint density at radius 1 is 1.33 bits per heavy atom. The fourth-order valence-electron chi connectivity index (χ4n) is 1.73. The Labute approximate surface area is 119 Å². The number of nitrogens with one attached hydrogen (secondary N) is 1. The molecule has 0 bridgehead atoms. The zero-order valence-corrected chi connectivity index (χ0v) is 12.6. The maximum atomic E-state index is 14.0. The molecule has 1 aromatic carbocycles. The summed E-state index contributed by atoms with van der Waals surface area (Å²) < 4.78 is 15.0. The zero-order chi connectivity index (χ0) is 13.0. The van der Waals surface area contributed by atoms with Crippen molar-refractivity contribution < 1.29 is 4.39 Å². The summed E-state index contributed by atoms with van der Waals surface area (Å²) >= 11 is 5.08. The maximum Gasteiger partial charge on any atom is 0.128 e. The zero-order valence-electron chi connectivity index (χ0n) is 10.2. The molecule has 0 unspecified atom stereocenters. The van der Waals surface area contributed by atoms with Gasteiger partial charge < -0.3 is 5.32 Å². The van der Waals surface area contributed by atoms with Crippen molar-refractivity contribution in [2.24, 2.45) is 0 Å². The molecular weight excluding hydrogens is 313 g/mol. The molecule has 96 valence electrons. The summed E-state index contributed by atoms with van der Waals surface area (Å²) in [6.07, 6.45) is 1.06. The minimum atomic E-state index is -0.142. The molecular formula is C14H15BrFNS. The van der Waals surface area contributed by atoms with Crippen LogP contribution in [0.5, 0.6) is 0 Å². The lowest BCUT2D eigenvalue weighted by Crippen LogP contribution is -2.14. The first-order valence-electron chi connectivity index (χ1n) is 5.95. The second kappa shape index (κ2) is 6.45. The molecule has 18 heavy (non-hydrogen) atoms. The van der Waals surface area contributed by atoms with E-state index in [1.54, 1.807) is 17.4 Å². The van der Waals surface area contributed by atoms with Gasteiger partial charge in [-0.1, -0.05) is 19.1 Å². The van der Waals surface area contributed by atoms with Crippen molar-refractivity contribution in [1.82, 2.24) is 5.32 Å². The van der Waals surface area contributed by atoms with Gasteiger partial charge in [-0.05, 0) is 52.0 Å². The molecule has 0 spiro atoms. The Kier molecular flexibility index (Phi) is 4.92. The number of halogens is 2. The lowest BCUT2D eigenvalue weighted by atomic mass is 10.1. The Balaban J connectivity index is 2.17.